The number of imidazole rings is 1. The molecule has 0 amide bonds. The maximum atomic E-state index is 13.6. The lowest BCUT2D eigenvalue weighted by Crippen LogP contribution is -2.46. The third-order valence-electron chi connectivity index (χ3n) is 6.38. The van der Waals surface area contributed by atoms with Crippen LogP contribution in [0.1, 0.15) is 5.56 Å². The molecule has 0 bridgehead atoms. The Morgan fingerprint density at radius 2 is 1.57 bits per heavy atom. The molecule has 1 fully saturated rings. The van der Waals surface area contributed by atoms with E-state index in [4.69, 9.17) is 10.1 Å². The van der Waals surface area contributed by atoms with Gasteiger partial charge in [-0.3, -0.25) is 4.90 Å². The van der Waals surface area contributed by atoms with E-state index in [1.165, 1.54) is 17.7 Å². The van der Waals surface area contributed by atoms with Crippen molar-refractivity contribution < 1.29 is 4.39 Å². The van der Waals surface area contributed by atoms with E-state index >= 15 is 0 Å². The molecule has 0 N–H and O–H groups in total. The second kappa shape index (κ2) is 9.23. The lowest BCUT2D eigenvalue weighted by atomic mass is 10.1. The summed E-state index contributed by atoms with van der Waals surface area (Å²) < 4.78 is 15.4. The number of anilines is 1. The van der Waals surface area contributed by atoms with Gasteiger partial charge in [-0.1, -0.05) is 30.3 Å². The summed E-state index contributed by atoms with van der Waals surface area (Å²) in [5, 5.41) is 13.0. The number of piperazine rings is 1. The summed E-state index contributed by atoms with van der Waals surface area (Å²) in [6, 6.07) is 22.9. The average Bonchev–Trinajstić information content (AvgIpc) is 3.29. The van der Waals surface area contributed by atoms with E-state index in [-0.39, 0.29) is 5.82 Å². The molecule has 35 heavy (non-hydrogen) atoms. The molecule has 3 aromatic heterocycles. The summed E-state index contributed by atoms with van der Waals surface area (Å²) in [6.07, 6.45) is 3.35. The minimum absolute atomic E-state index is 0.281. The second-order valence-electron chi connectivity index (χ2n) is 8.66. The number of hydrogen-bond donors (Lipinski definition) is 0. The zero-order valence-electron chi connectivity index (χ0n) is 19.1. The molecule has 4 heterocycles. The summed E-state index contributed by atoms with van der Waals surface area (Å²) in [5.41, 5.74) is 5.27. The summed E-state index contributed by atoms with van der Waals surface area (Å²) in [5.74, 6) is 0.625. The van der Waals surface area contributed by atoms with Crippen LogP contribution < -0.4 is 4.90 Å². The van der Waals surface area contributed by atoms with Crippen molar-refractivity contribution in [3.8, 4) is 22.5 Å². The Bertz CT molecular complexity index is 1430. The fraction of sp³-hybridized carbons (Fsp3) is 0.185. The Hall–Kier alpha value is -4.17. The van der Waals surface area contributed by atoms with Crippen molar-refractivity contribution in [1.29, 1.82) is 0 Å². The Kier molecular flexibility index (Phi) is 5.64. The van der Waals surface area contributed by atoms with Crippen LogP contribution in [0.2, 0.25) is 0 Å². The quantitative estimate of drug-likeness (QED) is 0.385. The van der Waals surface area contributed by atoms with Gasteiger partial charge in [0.05, 0.1) is 18.1 Å². The Balaban J connectivity index is 1.32. The number of hydrogen-bond acceptors (Lipinski definition) is 6. The second-order valence-corrected chi connectivity index (χ2v) is 8.66. The van der Waals surface area contributed by atoms with E-state index in [9.17, 15) is 4.39 Å². The van der Waals surface area contributed by atoms with E-state index in [0.29, 0.717) is 0 Å². The first-order valence-corrected chi connectivity index (χ1v) is 11.7. The number of aromatic nitrogens is 5. The summed E-state index contributed by atoms with van der Waals surface area (Å²) in [7, 11) is 0. The highest BCUT2D eigenvalue weighted by molar-refractivity contribution is 5.81. The molecule has 0 atom stereocenters. The van der Waals surface area contributed by atoms with Crippen molar-refractivity contribution >= 4 is 11.5 Å². The Morgan fingerprint density at radius 3 is 2.31 bits per heavy atom. The van der Waals surface area contributed by atoms with Crippen LogP contribution in [0.25, 0.3) is 28.2 Å². The van der Waals surface area contributed by atoms with Gasteiger partial charge in [-0.25, -0.2) is 13.9 Å². The van der Waals surface area contributed by atoms with Crippen molar-refractivity contribution in [2.45, 2.75) is 6.54 Å². The normalized spacial score (nSPS) is 14.5. The number of nitrogens with zero attached hydrogens (tertiary/aromatic N) is 7. The topological polar surface area (TPSA) is 62.5 Å². The molecule has 0 unspecified atom stereocenters. The highest BCUT2D eigenvalue weighted by Gasteiger charge is 2.21. The number of rotatable bonds is 5. The van der Waals surface area contributed by atoms with Crippen LogP contribution >= 0.6 is 0 Å². The number of fused-ring (bicyclic) bond motifs is 1. The van der Waals surface area contributed by atoms with Gasteiger partial charge in [0.1, 0.15) is 17.3 Å². The van der Waals surface area contributed by atoms with Crippen LogP contribution in [-0.2, 0) is 6.54 Å². The van der Waals surface area contributed by atoms with Crippen LogP contribution in [0.5, 0.6) is 0 Å². The van der Waals surface area contributed by atoms with Crippen molar-refractivity contribution in [3.63, 3.8) is 0 Å². The maximum Gasteiger partial charge on any atom is 0.155 e. The van der Waals surface area contributed by atoms with Gasteiger partial charge in [-0.15, -0.1) is 5.10 Å². The van der Waals surface area contributed by atoms with E-state index in [1.54, 1.807) is 24.5 Å². The largest absolute Gasteiger partial charge is 0.353 e. The third-order valence-corrected chi connectivity index (χ3v) is 6.38. The first kappa shape index (κ1) is 21.4. The fourth-order valence-electron chi connectivity index (χ4n) is 4.57. The highest BCUT2D eigenvalue weighted by atomic mass is 19.1. The molecular formula is C27H24FN7. The summed E-state index contributed by atoms with van der Waals surface area (Å²) >= 11 is 0. The minimum Gasteiger partial charge on any atom is -0.353 e. The Morgan fingerprint density at radius 1 is 0.771 bits per heavy atom. The average molecular weight is 466 g/mol. The SMILES string of the molecule is Fc1ccc(-c2nc3ccc(N4CCN(Cc5ccccc5)CC4)nn3c2-c2ccnnc2)cc1. The molecule has 2 aromatic carbocycles. The van der Waals surface area contributed by atoms with Crippen LogP contribution in [0.4, 0.5) is 10.2 Å². The zero-order chi connectivity index (χ0) is 23.6. The predicted molar refractivity (Wildman–Crippen MR) is 133 cm³/mol. The van der Waals surface area contributed by atoms with Gasteiger partial charge >= 0.3 is 0 Å². The fourth-order valence-corrected chi connectivity index (χ4v) is 4.57. The predicted octanol–water partition coefficient (Wildman–Crippen LogP) is 4.31. The van der Waals surface area contributed by atoms with Crippen LogP contribution in [0.3, 0.4) is 0 Å². The van der Waals surface area contributed by atoms with E-state index in [1.807, 2.05) is 22.7 Å². The van der Waals surface area contributed by atoms with Crippen LogP contribution in [-0.4, -0.2) is 55.9 Å². The lowest BCUT2D eigenvalue weighted by molar-refractivity contribution is 0.249. The molecule has 8 heteroatoms. The van der Waals surface area contributed by atoms with E-state index < -0.39 is 0 Å². The monoisotopic (exact) mass is 465 g/mol. The molecule has 5 aromatic rings. The first-order chi connectivity index (χ1) is 17.2. The van der Waals surface area contributed by atoms with Crippen molar-refractivity contribution in [3.05, 3.63) is 96.6 Å². The van der Waals surface area contributed by atoms with Crippen molar-refractivity contribution in [2.75, 3.05) is 31.1 Å². The first-order valence-electron chi connectivity index (χ1n) is 11.7. The van der Waals surface area contributed by atoms with Crippen LogP contribution in [0, 0.1) is 5.82 Å². The van der Waals surface area contributed by atoms with Gasteiger partial charge in [-0.2, -0.15) is 10.2 Å². The van der Waals surface area contributed by atoms with Gasteiger partial charge in [0, 0.05) is 43.9 Å². The van der Waals surface area contributed by atoms with Crippen molar-refractivity contribution in [1.82, 2.24) is 29.7 Å². The molecule has 7 nitrogen and oxygen atoms in total. The molecule has 1 aliphatic rings. The van der Waals surface area contributed by atoms with Gasteiger partial charge < -0.3 is 4.90 Å². The standard InChI is InChI=1S/C27H24FN7/c28-23-8-6-21(7-9-23)26-27(22-12-13-29-30-18-22)35-24(31-26)10-11-25(32-35)34-16-14-33(15-17-34)19-20-4-2-1-3-5-20/h1-13,18H,14-17,19H2. The third kappa shape index (κ3) is 4.36. The van der Waals surface area contributed by atoms with Gasteiger partial charge in [0.25, 0.3) is 0 Å². The zero-order valence-corrected chi connectivity index (χ0v) is 19.1. The number of benzene rings is 2. The van der Waals surface area contributed by atoms with Gasteiger partial charge in [0.2, 0.25) is 0 Å². The van der Waals surface area contributed by atoms with Crippen LogP contribution in [0.15, 0.2) is 85.2 Å². The highest BCUT2D eigenvalue weighted by Crippen LogP contribution is 2.32. The molecule has 1 aliphatic heterocycles. The van der Waals surface area contributed by atoms with E-state index in [2.05, 4.69) is 50.3 Å². The summed E-state index contributed by atoms with van der Waals surface area (Å²) in [4.78, 5) is 9.62. The Labute approximate surface area is 202 Å². The van der Waals surface area contributed by atoms with Crippen molar-refractivity contribution in [2.24, 2.45) is 0 Å². The molecule has 0 radical (unpaired) electrons. The van der Waals surface area contributed by atoms with Gasteiger partial charge in [-0.05, 0) is 48.0 Å². The lowest BCUT2D eigenvalue weighted by Gasteiger charge is -2.35. The molecule has 174 valence electrons. The molecule has 0 saturated carbocycles. The molecule has 6 rings (SSSR count). The molecule has 0 spiro atoms. The smallest absolute Gasteiger partial charge is 0.155 e. The summed E-state index contributed by atoms with van der Waals surface area (Å²) in [6.45, 7) is 4.71. The molecule has 0 aliphatic carbocycles. The molecular weight excluding hydrogens is 441 g/mol. The minimum atomic E-state index is -0.281. The maximum absolute atomic E-state index is 13.6. The number of halogens is 1. The van der Waals surface area contributed by atoms with E-state index in [0.717, 1.165) is 66.7 Å². The van der Waals surface area contributed by atoms with Gasteiger partial charge in [0.15, 0.2) is 5.65 Å². The molecule has 1 saturated heterocycles.